The Labute approximate surface area is 128 Å². The Kier molecular flexibility index (Phi) is 4.19. The summed E-state index contributed by atoms with van der Waals surface area (Å²) in [4.78, 5) is 7.98. The molecular formula is C14H21BrN2OS. The minimum absolute atomic E-state index is 0.0187. The van der Waals surface area contributed by atoms with Crippen molar-refractivity contribution in [2.24, 2.45) is 0 Å². The summed E-state index contributed by atoms with van der Waals surface area (Å²) in [7, 11) is 0. The molecule has 0 bridgehead atoms. The van der Waals surface area contributed by atoms with Crippen molar-refractivity contribution in [1.82, 2.24) is 9.97 Å². The Morgan fingerprint density at radius 3 is 2.58 bits per heavy atom. The molecule has 1 aromatic heterocycles. The summed E-state index contributed by atoms with van der Waals surface area (Å²) in [6.45, 7) is 9.37. The number of aromatic nitrogens is 2. The number of hydrogen-bond acceptors (Lipinski definition) is 3. The number of nitrogens with one attached hydrogen (secondary N) is 1. The van der Waals surface area contributed by atoms with Gasteiger partial charge in [0.15, 0.2) is 0 Å². The highest BCUT2D eigenvalue weighted by Gasteiger charge is 2.34. The predicted octanol–water partition coefficient (Wildman–Crippen LogP) is 4.61. The number of hydrogen-bond donors (Lipinski definition) is 1. The maximum atomic E-state index is 5.96. The average molecular weight is 345 g/mol. The summed E-state index contributed by atoms with van der Waals surface area (Å²) in [6, 6.07) is 0. The van der Waals surface area contributed by atoms with Crippen LogP contribution in [0.2, 0.25) is 0 Å². The predicted molar refractivity (Wildman–Crippen MR) is 83.0 cm³/mol. The van der Waals surface area contributed by atoms with E-state index in [1.165, 1.54) is 6.42 Å². The zero-order valence-electron chi connectivity index (χ0n) is 12.0. The summed E-state index contributed by atoms with van der Waals surface area (Å²) >= 11 is 8.94. The summed E-state index contributed by atoms with van der Waals surface area (Å²) in [5.41, 5.74) is 0.722. The minimum atomic E-state index is -0.341. The molecule has 1 fully saturated rings. The normalized spacial score (nSPS) is 24.5. The first-order valence-corrected chi connectivity index (χ1v) is 7.89. The Morgan fingerprint density at radius 1 is 1.37 bits per heavy atom. The van der Waals surface area contributed by atoms with Crippen LogP contribution in [0.15, 0.2) is 4.47 Å². The number of aromatic amines is 1. The second-order valence-electron chi connectivity index (χ2n) is 6.37. The van der Waals surface area contributed by atoms with Crippen LogP contribution in [0.5, 0.6) is 0 Å². The summed E-state index contributed by atoms with van der Waals surface area (Å²) < 4.78 is 7.45. The van der Waals surface area contributed by atoms with E-state index >= 15 is 0 Å². The van der Waals surface area contributed by atoms with E-state index < -0.39 is 0 Å². The smallest absolute Gasteiger partial charge is 0.144 e. The molecule has 0 aromatic carbocycles. The van der Waals surface area contributed by atoms with Crippen molar-refractivity contribution in [3.05, 3.63) is 20.6 Å². The molecule has 2 heterocycles. The molecule has 1 aliphatic rings. The SMILES string of the molecule is CC(C)(C)c1[nH]c(C2(C)CCCCO2)nc(=S)c1Br. The molecule has 1 atom stereocenters. The molecule has 0 aliphatic carbocycles. The molecular weight excluding hydrogens is 324 g/mol. The van der Waals surface area contributed by atoms with E-state index in [9.17, 15) is 0 Å². The lowest BCUT2D eigenvalue weighted by Crippen LogP contribution is -2.33. The molecule has 1 aliphatic heterocycles. The maximum absolute atomic E-state index is 5.96. The van der Waals surface area contributed by atoms with Crippen molar-refractivity contribution < 1.29 is 4.74 Å². The molecule has 3 nitrogen and oxygen atoms in total. The van der Waals surface area contributed by atoms with Gasteiger partial charge in [-0.05, 0) is 42.1 Å². The first-order chi connectivity index (χ1) is 8.74. The fourth-order valence-electron chi connectivity index (χ4n) is 2.35. The first-order valence-electron chi connectivity index (χ1n) is 6.69. The van der Waals surface area contributed by atoms with Crippen LogP contribution in [0.25, 0.3) is 0 Å². The van der Waals surface area contributed by atoms with Crippen LogP contribution in [0, 0.1) is 4.64 Å². The van der Waals surface area contributed by atoms with Gasteiger partial charge in [-0.25, -0.2) is 4.98 Å². The fraction of sp³-hybridized carbons (Fsp3) is 0.714. The van der Waals surface area contributed by atoms with E-state index in [0.717, 1.165) is 35.4 Å². The van der Waals surface area contributed by atoms with Crippen molar-refractivity contribution in [2.45, 2.75) is 58.0 Å². The molecule has 2 rings (SSSR count). The van der Waals surface area contributed by atoms with Crippen molar-refractivity contribution in [3.63, 3.8) is 0 Å². The number of halogens is 1. The van der Waals surface area contributed by atoms with Crippen LogP contribution >= 0.6 is 28.1 Å². The van der Waals surface area contributed by atoms with Crippen molar-refractivity contribution in [2.75, 3.05) is 6.61 Å². The van der Waals surface area contributed by atoms with Gasteiger partial charge in [-0.3, -0.25) is 0 Å². The van der Waals surface area contributed by atoms with Crippen LogP contribution in [-0.4, -0.2) is 16.6 Å². The second kappa shape index (κ2) is 5.26. The molecule has 19 heavy (non-hydrogen) atoms. The van der Waals surface area contributed by atoms with Gasteiger partial charge in [-0.1, -0.05) is 33.0 Å². The zero-order chi connectivity index (χ0) is 14.3. The van der Waals surface area contributed by atoms with Gasteiger partial charge in [0, 0.05) is 17.7 Å². The second-order valence-corrected chi connectivity index (χ2v) is 7.55. The molecule has 0 spiro atoms. The topological polar surface area (TPSA) is 37.9 Å². The number of H-pyrrole nitrogens is 1. The Hall–Kier alpha value is -0.260. The largest absolute Gasteiger partial charge is 0.367 e. The Bertz CT molecular complexity index is 527. The van der Waals surface area contributed by atoms with Crippen molar-refractivity contribution >= 4 is 28.1 Å². The van der Waals surface area contributed by atoms with E-state index in [1.54, 1.807) is 0 Å². The van der Waals surface area contributed by atoms with Crippen LogP contribution in [0.3, 0.4) is 0 Å². The van der Waals surface area contributed by atoms with Gasteiger partial charge < -0.3 is 9.72 Å². The van der Waals surface area contributed by atoms with E-state index in [4.69, 9.17) is 17.0 Å². The summed E-state index contributed by atoms with van der Waals surface area (Å²) in [5.74, 6) is 0.852. The van der Waals surface area contributed by atoms with Gasteiger partial charge in [0.1, 0.15) is 16.1 Å². The third-order valence-corrected chi connectivity index (χ3v) is 4.91. The summed E-state index contributed by atoms with van der Waals surface area (Å²) in [5, 5.41) is 0. The molecule has 0 radical (unpaired) electrons. The zero-order valence-corrected chi connectivity index (χ0v) is 14.4. The monoisotopic (exact) mass is 344 g/mol. The molecule has 0 amide bonds. The lowest BCUT2D eigenvalue weighted by atomic mass is 9.90. The average Bonchev–Trinajstić information content (AvgIpc) is 2.31. The number of rotatable bonds is 1. The molecule has 1 N–H and O–H groups in total. The summed E-state index contributed by atoms with van der Waals surface area (Å²) in [6.07, 6.45) is 3.27. The highest BCUT2D eigenvalue weighted by molar-refractivity contribution is 9.10. The van der Waals surface area contributed by atoms with Crippen LogP contribution in [0.4, 0.5) is 0 Å². The first kappa shape index (κ1) is 15.1. The highest BCUT2D eigenvalue weighted by Crippen LogP contribution is 2.35. The van der Waals surface area contributed by atoms with E-state index in [2.05, 4.69) is 53.6 Å². The molecule has 0 saturated carbocycles. The number of nitrogens with zero attached hydrogens (tertiary/aromatic N) is 1. The fourth-order valence-corrected chi connectivity index (χ4v) is 3.32. The van der Waals surface area contributed by atoms with Gasteiger partial charge in [-0.15, -0.1) is 0 Å². The number of ether oxygens (including phenoxy) is 1. The lowest BCUT2D eigenvalue weighted by molar-refractivity contribution is -0.0763. The van der Waals surface area contributed by atoms with Crippen LogP contribution < -0.4 is 0 Å². The van der Waals surface area contributed by atoms with Gasteiger partial charge >= 0.3 is 0 Å². The highest BCUT2D eigenvalue weighted by atomic mass is 79.9. The van der Waals surface area contributed by atoms with Gasteiger partial charge in [0.25, 0.3) is 0 Å². The van der Waals surface area contributed by atoms with Crippen LogP contribution in [0.1, 0.15) is 58.5 Å². The van der Waals surface area contributed by atoms with Crippen LogP contribution in [-0.2, 0) is 15.8 Å². The quantitative estimate of drug-likeness (QED) is 0.755. The third kappa shape index (κ3) is 3.09. The Morgan fingerprint density at radius 2 is 2.05 bits per heavy atom. The lowest BCUT2D eigenvalue weighted by Gasteiger charge is -2.34. The van der Waals surface area contributed by atoms with Gasteiger partial charge in [-0.2, -0.15) is 0 Å². The minimum Gasteiger partial charge on any atom is -0.367 e. The van der Waals surface area contributed by atoms with Gasteiger partial charge in [0.2, 0.25) is 0 Å². The Balaban J connectivity index is 2.54. The van der Waals surface area contributed by atoms with E-state index in [1.807, 2.05) is 0 Å². The maximum Gasteiger partial charge on any atom is 0.144 e. The van der Waals surface area contributed by atoms with Crippen molar-refractivity contribution in [3.8, 4) is 0 Å². The molecule has 1 unspecified atom stereocenters. The van der Waals surface area contributed by atoms with E-state index in [0.29, 0.717) is 4.64 Å². The van der Waals surface area contributed by atoms with E-state index in [-0.39, 0.29) is 11.0 Å². The molecule has 1 aromatic rings. The third-order valence-electron chi connectivity index (χ3n) is 3.58. The van der Waals surface area contributed by atoms with Gasteiger partial charge in [0.05, 0.1) is 4.47 Å². The molecule has 5 heteroatoms. The molecule has 106 valence electrons. The standard InChI is InChI=1S/C14H21BrN2OS/c1-13(2,3)10-9(15)11(19)17-12(16-10)14(4)7-5-6-8-18-14/h5-8H2,1-4H3,(H,16,17,19). The van der Waals surface area contributed by atoms with Crippen molar-refractivity contribution in [1.29, 1.82) is 0 Å². The molecule has 1 saturated heterocycles.